The summed E-state index contributed by atoms with van der Waals surface area (Å²) in [5.41, 5.74) is 4.39. The van der Waals surface area contributed by atoms with Crippen LogP contribution in [-0.4, -0.2) is 21.6 Å². The lowest BCUT2D eigenvalue weighted by atomic mass is 10.2. The molecule has 18 heavy (non-hydrogen) atoms. The number of para-hydroxylation sites is 2. The van der Waals surface area contributed by atoms with Gasteiger partial charge in [0.1, 0.15) is 6.33 Å². The van der Waals surface area contributed by atoms with Crippen LogP contribution in [0, 0.1) is 0 Å². The van der Waals surface area contributed by atoms with Gasteiger partial charge < -0.3 is 5.32 Å². The summed E-state index contributed by atoms with van der Waals surface area (Å²) in [6.45, 7) is 0.787. The number of benzene rings is 1. The minimum atomic E-state index is 0.787. The Balaban J connectivity index is 2.20. The van der Waals surface area contributed by atoms with Crippen LogP contribution >= 0.6 is 0 Å². The van der Waals surface area contributed by atoms with E-state index in [1.54, 1.807) is 0 Å². The van der Waals surface area contributed by atoms with Gasteiger partial charge in [-0.2, -0.15) is 0 Å². The van der Waals surface area contributed by atoms with Gasteiger partial charge >= 0.3 is 0 Å². The fourth-order valence-electron chi connectivity index (χ4n) is 2.13. The van der Waals surface area contributed by atoms with E-state index < -0.39 is 0 Å². The van der Waals surface area contributed by atoms with Gasteiger partial charge in [-0.25, -0.2) is 4.98 Å². The molecule has 1 aromatic carbocycles. The van der Waals surface area contributed by atoms with Crippen molar-refractivity contribution in [3.8, 4) is 5.69 Å². The molecular formula is C14H14N4. The Morgan fingerprint density at radius 1 is 1.22 bits per heavy atom. The van der Waals surface area contributed by atoms with Gasteiger partial charge in [0.2, 0.25) is 0 Å². The summed E-state index contributed by atoms with van der Waals surface area (Å²) in [5, 5.41) is 3.16. The summed E-state index contributed by atoms with van der Waals surface area (Å²) >= 11 is 0. The van der Waals surface area contributed by atoms with Crippen LogP contribution in [0.25, 0.3) is 16.7 Å². The van der Waals surface area contributed by atoms with Crippen molar-refractivity contribution in [2.75, 3.05) is 7.05 Å². The highest BCUT2D eigenvalue weighted by atomic mass is 15.1. The molecule has 0 amide bonds. The van der Waals surface area contributed by atoms with Crippen molar-refractivity contribution in [2.45, 2.75) is 6.54 Å². The van der Waals surface area contributed by atoms with Crippen molar-refractivity contribution in [3.63, 3.8) is 0 Å². The van der Waals surface area contributed by atoms with E-state index in [1.165, 1.54) is 0 Å². The van der Waals surface area contributed by atoms with E-state index in [1.807, 2.05) is 50.0 Å². The lowest BCUT2D eigenvalue weighted by Crippen LogP contribution is -2.09. The van der Waals surface area contributed by atoms with Gasteiger partial charge in [-0.3, -0.25) is 9.55 Å². The van der Waals surface area contributed by atoms with Crippen molar-refractivity contribution in [2.24, 2.45) is 0 Å². The molecule has 90 valence electrons. The minimum absolute atomic E-state index is 0.787. The molecule has 4 heteroatoms. The third-order valence-electron chi connectivity index (χ3n) is 2.96. The van der Waals surface area contributed by atoms with Gasteiger partial charge in [-0.05, 0) is 25.2 Å². The van der Waals surface area contributed by atoms with E-state index in [9.17, 15) is 0 Å². The molecule has 0 aliphatic heterocycles. The number of rotatable bonds is 3. The molecule has 0 bridgehead atoms. The van der Waals surface area contributed by atoms with Crippen LogP contribution in [0.2, 0.25) is 0 Å². The van der Waals surface area contributed by atoms with Crippen LogP contribution < -0.4 is 5.32 Å². The van der Waals surface area contributed by atoms with Crippen molar-refractivity contribution in [1.29, 1.82) is 0 Å². The van der Waals surface area contributed by atoms with E-state index in [4.69, 9.17) is 0 Å². The van der Waals surface area contributed by atoms with Crippen LogP contribution in [0.1, 0.15) is 5.56 Å². The molecule has 0 aliphatic rings. The zero-order valence-corrected chi connectivity index (χ0v) is 10.2. The monoisotopic (exact) mass is 238 g/mol. The second-order valence-corrected chi connectivity index (χ2v) is 4.14. The van der Waals surface area contributed by atoms with Crippen molar-refractivity contribution in [1.82, 2.24) is 19.9 Å². The number of imidazole rings is 1. The molecule has 2 aromatic heterocycles. The average molecular weight is 238 g/mol. The molecule has 4 nitrogen and oxygen atoms in total. The molecule has 3 rings (SSSR count). The van der Waals surface area contributed by atoms with Crippen LogP contribution in [0.4, 0.5) is 0 Å². The highest BCUT2D eigenvalue weighted by molar-refractivity contribution is 5.77. The predicted molar refractivity (Wildman–Crippen MR) is 71.6 cm³/mol. The molecule has 1 N–H and O–H groups in total. The number of pyridine rings is 1. The summed E-state index contributed by atoms with van der Waals surface area (Å²) < 4.78 is 2.10. The topological polar surface area (TPSA) is 42.7 Å². The SMILES string of the molecule is CNCc1cnccc1-n1cnc2ccccc21. The van der Waals surface area contributed by atoms with Crippen molar-refractivity contribution >= 4 is 11.0 Å². The van der Waals surface area contributed by atoms with Gasteiger partial charge in [-0.15, -0.1) is 0 Å². The van der Waals surface area contributed by atoms with Gasteiger partial charge in [0, 0.05) is 24.5 Å². The fraction of sp³-hybridized carbons (Fsp3) is 0.143. The lowest BCUT2D eigenvalue weighted by Gasteiger charge is -2.10. The second-order valence-electron chi connectivity index (χ2n) is 4.14. The standard InChI is InChI=1S/C14H14N4/c1-15-8-11-9-16-7-6-13(11)18-10-17-12-4-2-3-5-14(12)18/h2-7,9-10,15H,8H2,1H3. The Labute approximate surface area is 105 Å². The number of aromatic nitrogens is 3. The van der Waals surface area contributed by atoms with Crippen LogP contribution in [0.5, 0.6) is 0 Å². The molecule has 2 heterocycles. The molecular weight excluding hydrogens is 224 g/mol. The third kappa shape index (κ3) is 1.76. The maximum Gasteiger partial charge on any atom is 0.100 e. The molecule has 0 unspecified atom stereocenters. The van der Waals surface area contributed by atoms with Gasteiger partial charge in [0.15, 0.2) is 0 Å². The number of fused-ring (bicyclic) bond motifs is 1. The Morgan fingerprint density at radius 3 is 3.00 bits per heavy atom. The van der Waals surface area contributed by atoms with Crippen LogP contribution in [-0.2, 0) is 6.54 Å². The van der Waals surface area contributed by atoms with E-state index in [2.05, 4.69) is 25.9 Å². The van der Waals surface area contributed by atoms with E-state index >= 15 is 0 Å². The zero-order chi connectivity index (χ0) is 12.4. The summed E-state index contributed by atoms with van der Waals surface area (Å²) in [7, 11) is 1.93. The van der Waals surface area contributed by atoms with Gasteiger partial charge in [0.05, 0.1) is 16.7 Å². The summed E-state index contributed by atoms with van der Waals surface area (Å²) in [5.74, 6) is 0. The summed E-state index contributed by atoms with van der Waals surface area (Å²) in [6, 6.07) is 10.1. The molecule has 0 spiro atoms. The Morgan fingerprint density at radius 2 is 2.11 bits per heavy atom. The molecule has 0 radical (unpaired) electrons. The van der Waals surface area contributed by atoms with Crippen LogP contribution in [0.15, 0.2) is 49.1 Å². The quantitative estimate of drug-likeness (QED) is 0.760. The van der Waals surface area contributed by atoms with E-state index in [0.29, 0.717) is 0 Å². The summed E-state index contributed by atoms with van der Waals surface area (Å²) in [6.07, 6.45) is 5.56. The highest BCUT2D eigenvalue weighted by Gasteiger charge is 2.07. The van der Waals surface area contributed by atoms with Gasteiger partial charge in [-0.1, -0.05) is 12.1 Å². The smallest absolute Gasteiger partial charge is 0.100 e. The second kappa shape index (κ2) is 4.58. The highest BCUT2D eigenvalue weighted by Crippen LogP contribution is 2.20. The molecule has 0 saturated heterocycles. The van der Waals surface area contributed by atoms with Crippen molar-refractivity contribution < 1.29 is 0 Å². The van der Waals surface area contributed by atoms with E-state index in [-0.39, 0.29) is 0 Å². The molecule has 0 saturated carbocycles. The first-order valence-corrected chi connectivity index (χ1v) is 5.90. The maximum atomic E-state index is 4.42. The Kier molecular flexibility index (Phi) is 2.78. The molecule has 3 aromatic rings. The normalized spacial score (nSPS) is 10.9. The zero-order valence-electron chi connectivity index (χ0n) is 10.2. The molecule has 0 fully saturated rings. The number of nitrogens with zero attached hydrogens (tertiary/aromatic N) is 3. The average Bonchev–Trinajstić information content (AvgIpc) is 2.84. The van der Waals surface area contributed by atoms with Gasteiger partial charge in [0.25, 0.3) is 0 Å². The molecule has 0 atom stereocenters. The fourth-order valence-corrected chi connectivity index (χ4v) is 2.13. The lowest BCUT2D eigenvalue weighted by molar-refractivity contribution is 0.804. The van der Waals surface area contributed by atoms with E-state index in [0.717, 1.165) is 28.8 Å². The maximum absolute atomic E-state index is 4.42. The minimum Gasteiger partial charge on any atom is -0.316 e. The number of hydrogen-bond donors (Lipinski definition) is 1. The first-order chi connectivity index (χ1) is 8.90. The predicted octanol–water partition coefficient (Wildman–Crippen LogP) is 2.14. The van der Waals surface area contributed by atoms with Crippen molar-refractivity contribution in [3.05, 3.63) is 54.6 Å². The Hall–Kier alpha value is -2.20. The Bertz CT molecular complexity index is 672. The number of nitrogens with one attached hydrogen (secondary N) is 1. The van der Waals surface area contributed by atoms with Crippen LogP contribution in [0.3, 0.4) is 0 Å². The first-order valence-electron chi connectivity index (χ1n) is 5.90. The summed E-state index contributed by atoms with van der Waals surface area (Å²) in [4.78, 5) is 8.60. The largest absolute Gasteiger partial charge is 0.316 e. The molecule has 0 aliphatic carbocycles. The first kappa shape index (κ1) is 10.9. The number of hydrogen-bond acceptors (Lipinski definition) is 3. The third-order valence-corrected chi connectivity index (χ3v) is 2.96.